The zero-order valence-electron chi connectivity index (χ0n) is 15.3. The molecule has 2 aromatic rings. The van der Waals surface area contributed by atoms with E-state index in [4.69, 9.17) is 14.7 Å². The molecule has 0 fully saturated rings. The maximum absolute atomic E-state index is 11.6. The molecule has 1 amide bonds. The first-order chi connectivity index (χ1) is 12.4. The van der Waals surface area contributed by atoms with Gasteiger partial charge in [0.1, 0.15) is 18.1 Å². The van der Waals surface area contributed by atoms with E-state index in [9.17, 15) is 4.79 Å². The molecule has 0 atom stereocenters. The molecule has 6 nitrogen and oxygen atoms in total. The highest BCUT2D eigenvalue weighted by Gasteiger charge is 2.32. The summed E-state index contributed by atoms with van der Waals surface area (Å²) in [5.74, 6) is 0.971. The molecule has 2 aromatic carbocycles. The molecular formula is C20H24N2O4. The lowest BCUT2D eigenvalue weighted by Crippen LogP contribution is -2.45. The molecule has 0 aliphatic carbocycles. The highest BCUT2D eigenvalue weighted by atomic mass is 16.5. The van der Waals surface area contributed by atoms with Crippen molar-refractivity contribution in [2.75, 3.05) is 13.7 Å². The number of nitrogens with zero attached hydrogens (tertiary/aromatic N) is 1. The number of hydroxylamine groups is 1. The van der Waals surface area contributed by atoms with Crippen molar-refractivity contribution in [1.82, 2.24) is 10.4 Å². The van der Waals surface area contributed by atoms with Gasteiger partial charge in [0, 0.05) is 24.2 Å². The summed E-state index contributed by atoms with van der Waals surface area (Å²) in [6, 6.07) is 13.3. The Kier molecular flexibility index (Phi) is 5.15. The molecule has 138 valence electrons. The Morgan fingerprint density at radius 1 is 1.27 bits per heavy atom. The molecule has 1 heterocycles. The van der Waals surface area contributed by atoms with E-state index in [2.05, 4.69) is 30.9 Å². The predicted molar refractivity (Wildman–Crippen MR) is 97.5 cm³/mol. The van der Waals surface area contributed by atoms with Crippen LogP contribution in [0, 0.1) is 0 Å². The minimum absolute atomic E-state index is 0.182. The summed E-state index contributed by atoms with van der Waals surface area (Å²) in [7, 11) is 1.66. The number of ether oxygens (including phenoxy) is 2. The van der Waals surface area contributed by atoms with Gasteiger partial charge in [-0.3, -0.25) is 14.9 Å². The first kappa shape index (κ1) is 18.2. The van der Waals surface area contributed by atoms with Gasteiger partial charge in [-0.1, -0.05) is 18.2 Å². The van der Waals surface area contributed by atoms with Crippen LogP contribution in [0.3, 0.4) is 0 Å². The van der Waals surface area contributed by atoms with E-state index in [-0.39, 0.29) is 5.54 Å². The number of rotatable bonds is 4. The van der Waals surface area contributed by atoms with Crippen molar-refractivity contribution in [3.8, 4) is 11.5 Å². The maximum atomic E-state index is 11.6. The van der Waals surface area contributed by atoms with Gasteiger partial charge in [0.25, 0.3) is 5.91 Å². The van der Waals surface area contributed by atoms with Crippen LogP contribution in [0.2, 0.25) is 0 Å². The Labute approximate surface area is 153 Å². The van der Waals surface area contributed by atoms with Gasteiger partial charge in [-0.25, -0.2) is 5.48 Å². The van der Waals surface area contributed by atoms with Gasteiger partial charge in [0.15, 0.2) is 0 Å². The van der Waals surface area contributed by atoms with E-state index in [1.165, 1.54) is 5.56 Å². The molecule has 6 heteroatoms. The standard InChI is InChI=1S/C20H24N2O4/c1-20(2)13-26-18-10-15(19(23)21-24)6-7-16(18)12-22(20)11-14-4-8-17(25-3)9-5-14/h4-10,24H,11-13H2,1-3H3,(H,21,23). The normalized spacial score (nSPS) is 16.2. The molecule has 1 aliphatic heterocycles. The Bertz CT molecular complexity index is 787. The van der Waals surface area contributed by atoms with Crippen LogP contribution in [-0.4, -0.2) is 35.3 Å². The molecule has 2 N–H and O–H groups in total. The molecule has 0 saturated heterocycles. The lowest BCUT2D eigenvalue weighted by atomic mass is 10.0. The molecule has 0 spiro atoms. The minimum Gasteiger partial charge on any atom is -0.497 e. The molecule has 1 aliphatic rings. The van der Waals surface area contributed by atoms with Gasteiger partial charge in [0.2, 0.25) is 0 Å². The highest BCUT2D eigenvalue weighted by Crippen LogP contribution is 2.31. The largest absolute Gasteiger partial charge is 0.497 e. The van der Waals surface area contributed by atoms with E-state index in [0.29, 0.717) is 24.5 Å². The Hall–Kier alpha value is -2.57. The Morgan fingerprint density at radius 3 is 2.65 bits per heavy atom. The van der Waals surface area contributed by atoms with Crippen LogP contribution < -0.4 is 15.0 Å². The molecule has 0 bridgehead atoms. The fourth-order valence-corrected chi connectivity index (χ4v) is 3.01. The van der Waals surface area contributed by atoms with Crippen molar-refractivity contribution in [3.63, 3.8) is 0 Å². The van der Waals surface area contributed by atoms with E-state index >= 15 is 0 Å². The molecule has 3 rings (SSSR count). The SMILES string of the molecule is COc1ccc(CN2Cc3ccc(C(=O)NO)cc3OCC2(C)C)cc1. The fourth-order valence-electron chi connectivity index (χ4n) is 3.01. The van der Waals surface area contributed by atoms with Crippen molar-refractivity contribution in [2.24, 2.45) is 0 Å². The number of hydrogen-bond donors (Lipinski definition) is 2. The van der Waals surface area contributed by atoms with E-state index in [1.54, 1.807) is 24.7 Å². The zero-order valence-corrected chi connectivity index (χ0v) is 15.3. The third-order valence-electron chi connectivity index (χ3n) is 4.76. The number of benzene rings is 2. The quantitative estimate of drug-likeness (QED) is 0.651. The first-order valence-electron chi connectivity index (χ1n) is 8.51. The van der Waals surface area contributed by atoms with Gasteiger partial charge in [-0.15, -0.1) is 0 Å². The van der Waals surface area contributed by atoms with Crippen LogP contribution in [0.15, 0.2) is 42.5 Å². The van der Waals surface area contributed by atoms with Crippen molar-refractivity contribution in [1.29, 1.82) is 0 Å². The second kappa shape index (κ2) is 7.35. The monoisotopic (exact) mass is 356 g/mol. The van der Waals surface area contributed by atoms with Gasteiger partial charge in [-0.2, -0.15) is 0 Å². The Morgan fingerprint density at radius 2 is 2.00 bits per heavy atom. The molecule has 0 unspecified atom stereocenters. The van der Waals surface area contributed by atoms with Crippen LogP contribution in [-0.2, 0) is 13.1 Å². The lowest BCUT2D eigenvalue weighted by molar-refractivity contribution is 0.0678. The van der Waals surface area contributed by atoms with Crippen molar-refractivity contribution >= 4 is 5.91 Å². The molecule has 26 heavy (non-hydrogen) atoms. The summed E-state index contributed by atoms with van der Waals surface area (Å²) in [5.41, 5.74) is 4.05. The predicted octanol–water partition coefficient (Wildman–Crippen LogP) is 2.99. The van der Waals surface area contributed by atoms with Gasteiger partial charge < -0.3 is 9.47 Å². The molecular weight excluding hydrogens is 332 g/mol. The Balaban J connectivity index is 1.84. The number of methoxy groups -OCH3 is 1. The number of carbonyl (C=O) groups excluding carboxylic acids is 1. The summed E-state index contributed by atoms with van der Waals surface area (Å²) in [4.78, 5) is 14.0. The average molecular weight is 356 g/mol. The summed E-state index contributed by atoms with van der Waals surface area (Å²) in [5, 5.41) is 8.82. The molecule has 0 radical (unpaired) electrons. The molecule has 0 saturated carbocycles. The van der Waals surface area contributed by atoms with Gasteiger partial charge in [-0.05, 0) is 43.7 Å². The van der Waals surface area contributed by atoms with Gasteiger partial charge in [0.05, 0.1) is 12.6 Å². The molecule has 0 aromatic heterocycles. The minimum atomic E-state index is -0.546. The summed E-state index contributed by atoms with van der Waals surface area (Å²) < 4.78 is 11.2. The van der Waals surface area contributed by atoms with Crippen molar-refractivity contribution in [2.45, 2.75) is 32.5 Å². The van der Waals surface area contributed by atoms with Crippen molar-refractivity contribution < 1.29 is 19.5 Å². The number of fused-ring (bicyclic) bond motifs is 1. The van der Waals surface area contributed by atoms with Crippen LogP contribution >= 0.6 is 0 Å². The van der Waals surface area contributed by atoms with Crippen LogP contribution in [0.4, 0.5) is 0 Å². The topological polar surface area (TPSA) is 71.0 Å². The zero-order chi connectivity index (χ0) is 18.7. The smallest absolute Gasteiger partial charge is 0.274 e. The number of carbonyl (C=O) groups is 1. The van der Waals surface area contributed by atoms with E-state index in [1.807, 2.05) is 18.2 Å². The first-order valence-corrected chi connectivity index (χ1v) is 8.51. The van der Waals surface area contributed by atoms with E-state index < -0.39 is 5.91 Å². The van der Waals surface area contributed by atoms with Crippen LogP contribution in [0.5, 0.6) is 11.5 Å². The number of hydrogen-bond acceptors (Lipinski definition) is 5. The van der Waals surface area contributed by atoms with E-state index in [0.717, 1.165) is 17.9 Å². The number of nitrogens with one attached hydrogen (secondary N) is 1. The second-order valence-electron chi connectivity index (χ2n) is 7.07. The van der Waals surface area contributed by atoms with Crippen molar-refractivity contribution in [3.05, 3.63) is 59.2 Å². The maximum Gasteiger partial charge on any atom is 0.274 e. The third-order valence-corrected chi connectivity index (χ3v) is 4.76. The summed E-state index contributed by atoms with van der Waals surface area (Å²) in [6.45, 7) is 6.27. The fraction of sp³-hybridized carbons (Fsp3) is 0.350. The third kappa shape index (κ3) is 3.81. The van der Waals surface area contributed by atoms with Crippen LogP contribution in [0.1, 0.15) is 35.3 Å². The number of amides is 1. The highest BCUT2D eigenvalue weighted by molar-refractivity contribution is 5.93. The van der Waals surface area contributed by atoms with Gasteiger partial charge >= 0.3 is 0 Å². The summed E-state index contributed by atoms with van der Waals surface area (Å²) >= 11 is 0. The second-order valence-corrected chi connectivity index (χ2v) is 7.07. The summed E-state index contributed by atoms with van der Waals surface area (Å²) in [6.07, 6.45) is 0. The van der Waals surface area contributed by atoms with Crippen LogP contribution in [0.25, 0.3) is 0 Å². The average Bonchev–Trinajstić information content (AvgIpc) is 2.78. The lowest BCUT2D eigenvalue weighted by Gasteiger charge is -2.36.